The predicted molar refractivity (Wildman–Crippen MR) is 79.1 cm³/mol. The second kappa shape index (κ2) is 6.95. The highest BCUT2D eigenvalue weighted by Crippen LogP contribution is 2.29. The molecule has 4 nitrogen and oxygen atoms in total. The maximum atomic E-state index is 10.2. The fraction of sp³-hybridized carbons (Fsp3) is 0.625. The molecule has 0 spiro atoms. The Labute approximate surface area is 120 Å². The molecular formula is C16H25NO3. The molecule has 0 aliphatic heterocycles. The van der Waals surface area contributed by atoms with Crippen LogP contribution in [0.5, 0.6) is 11.5 Å². The number of aliphatic hydroxyl groups excluding tert-OH is 1. The van der Waals surface area contributed by atoms with Crippen molar-refractivity contribution in [3.8, 4) is 11.5 Å². The topological polar surface area (TPSA) is 61.7 Å². The smallest absolute Gasteiger partial charge is 0.160 e. The van der Waals surface area contributed by atoms with E-state index in [-0.39, 0.29) is 23.9 Å². The summed E-state index contributed by atoms with van der Waals surface area (Å²) in [6, 6.07) is 5.64. The molecule has 0 saturated heterocycles. The number of aromatic hydroxyl groups is 1. The van der Waals surface area contributed by atoms with Crippen LogP contribution in [0, 0.1) is 0 Å². The predicted octanol–water partition coefficient (Wildman–Crippen LogP) is 2.75. The molecule has 1 aromatic carbocycles. The van der Waals surface area contributed by atoms with Gasteiger partial charge in [0.2, 0.25) is 0 Å². The first kappa shape index (κ1) is 15.1. The monoisotopic (exact) mass is 279 g/mol. The summed E-state index contributed by atoms with van der Waals surface area (Å²) in [5, 5.41) is 23.3. The van der Waals surface area contributed by atoms with Gasteiger partial charge in [0, 0.05) is 12.1 Å². The zero-order valence-corrected chi connectivity index (χ0v) is 12.3. The molecular weight excluding hydrogens is 254 g/mol. The number of hydrogen-bond acceptors (Lipinski definition) is 4. The molecule has 3 unspecified atom stereocenters. The Morgan fingerprint density at radius 2 is 2.00 bits per heavy atom. The van der Waals surface area contributed by atoms with E-state index in [1.807, 2.05) is 12.1 Å². The number of rotatable bonds is 4. The molecule has 20 heavy (non-hydrogen) atoms. The SMILES string of the molecule is COc1cc(C(C)NC2CCCCCC2O)ccc1O. The maximum Gasteiger partial charge on any atom is 0.160 e. The van der Waals surface area contributed by atoms with Crippen LogP contribution in [0.1, 0.15) is 50.6 Å². The maximum absolute atomic E-state index is 10.2. The van der Waals surface area contributed by atoms with Gasteiger partial charge < -0.3 is 20.3 Å². The number of nitrogens with one attached hydrogen (secondary N) is 1. The molecule has 1 fully saturated rings. The van der Waals surface area contributed by atoms with Crippen LogP contribution in [0.4, 0.5) is 0 Å². The van der Waals surface area contributed by atoms with E-state index in [1.54, 1.807) is 13.2 Å². The zero-order chi connectivity index (χ0) is 14.5. The van der Waals surface area contributed by atoms with Gasteiger partial charge >= 0.3 is 0 Å². The van der Waals surface area contributed by atoms with Crippen LogP contribution in [-0.2, 0) is 0 Å². The lowest BCUT2D eigenvalue weighted by Gasteiger charge is -2.26. The van der Waals surface area contributed by atoms with Crippen LogP contribution in [-0.4, -0.2) is 29.5 Å². The van der Waals surface area contributed by atoms with Crippen LogP contribution in [0.2, 0.25) is 0 Å². The van der Waals surface area contributed by atoms with Gasteiger partial charge in [-0.3, -0.25) is 0 Å². The normalized spacial score (nSPS) is 24.9. The van der Waals surface area contributed by atoms with Crippen molar-refractivity contribution >= 4 is 0 Å². The first-order valence-corrected chi connectivity index (χ1v) is 7.43. The Kier molecular flexibility index (Phi) is 5.26. The number of aliphatic hydroxyl groups is 1. The number of ether oxygens (including phenoxy) is 1. The van der Waals surface area contributed by atoms with Gasteiger partial charge in [-0.2, -0.15) is 0 Å². The van der Waals surface area contributed by atoms with E-state index in [4.69, 9.17) is 4.74 Å². The summed E-state index contributed by atoms with van der Waals surface area (Å²) in [6.45, 7) is 2.07. The minimum Gasteiger partial charge on any atom is -0.504 e. The Bertz CT molecular complexity index is 436. The molecule has 0 bridgehead atoms. The van der Waals surface area contributed by atoms with Gasteiger partial charge in [0.25, 0.3) is 0 Å². The van der Waals surface area contributed by atoms with Crippen LogP contribution in [0.3, 0.4) is 0 Å². The van der Waals surface area contributed by atoms with E-state index in [0.29, 0.717) is 5.75 Å². The second-order valence-corrected chi connectivity index (χ2v) is 5.63. The molecule has 1 saturated carbocycles. The molecule has 4 heteroatoms. The van der Waals surface area contributed by atoms with Gasteiger partial charge in [-0.25, -0.2) is 0 Å². The molecule has 112 valence electrons. The van der Waals surface area contributed by atoms with Crippen molar-refractivity contribution in [2.24, 2.45) is 0 Å². The minimum absolute atomic E-state index is 0.113. The average Bonchev–Trinajstić information content (AvgIpc) is 2.64. The number of benzene rings is 1. The Morgan fingerprint density at radius 3 is 2.75 bits per heavy atom. The van der Waals surface area contributed by atoms with Gasteiger partial charge in [-0.15, -0.1) is 0 Å². The van der Waals surface area contributed by atoms with E-state index in [0.717, 1.165) is 24.8 Å². The lowest BCUT2D eigenvalue weighted by Crippen LogP contribution is -2.40. The summed E-state index contributed by atoms with van der Waals surface area (Å²) < 4.78 is 5.14. The van der Waals surface area contributed by atoms with Crippen molar-refractivity contribution in [3.63, 3.8) is 0 Å². The van der Waals surface area contributed by atoms with E-state index in [9.17, 15) is 10.2 Å². The average molecular weight is 279 g/mol. The molecule has 3 atom stereocenters. The molecule has 0 aromatic heterocycles. The molecule has 1 aromatic rings. The number of methoxy groups -OCH3 is 1. The molecule has 0 radical (unpaired) electrons. The van der Waals surface area contributed by atoms with E-state index >= 15 is 0 Å². The molecule has 2 rings (SSSR count). The van der Waals surface area contributed by atoms with Gasteiger partial charge in [0.1, 0.15) is 0 Å². The lowest BCUT2D eigenvalue weighted by atomic mass is 10.0. The third-order valence-corrected chi connectivity index (χ3v) is 4.15. The van der Waals surface area contributed by atoms with Crippen molar-refractivity contribution in [1.29, 1.82) is 0 Å². The second-order valence-electron chi connectivity index (χ2n) is 5.63. The molecule has 3 N–H and O–H groups in total. The summed E-state index contributed by atoms with van der Waals surface area (Å²) in [7, 11) is 1.55. The fourth-order valence-corrected chi connectivity index (χ4v) is 2.86. The number of hydrogen-bond donors (Lipinski definition) is 3. The highest BCUT2D eigenvalue weighted by molar-refractivity contribution is 5.42. The highest BCUT2D eigenvalue weighted by atomic mass is 16.5. The zero-order valence-electron chi connectivity index (χ0n) is 12.3. The summed E-state index contributed by atoms with van der Waals surface area (Å²) in [6.07, 6.45) is 5.11. The van der Waals surface area contributed by atoms with Gasteiger partial charge in [-0.05, 0) is 37.5 Å². The van der Waals surface area contributed by atoms with Crippen LogP contribution < -0.4 is 10.1 Å². The van der Waals surface area contributed by atoms with E-state index in [2.05, 4.69) is 12.2 Å². The summed E-state index contributed by atoms with van der Waals surface area (Å²) in [5.74, 6) is 0.635. The third kappa shape index (κ3) is 3.64. The van der Waals surface area contributed by atoms with Gasteiger partial charge in [0.15, 0.2) is 11.5 Å². The summed E-state index contributed by atoms with van der Waals surface area (Å²) in [4.78, 5) is 0. The Balaban J connectivity index is 2.05. The minimum atomic E-state index is -0.265. The van der Waals surface area contributed by atoms with Crippen molar-refractivity contribution in [2.75, 3.05) is 7.11 Å². The fourth-order valence-electron chi connectivity index (χ4n) is 2.86. The first-order chi connectivity index (χ1) is 9.61. The standard InChI is InChI=1S/C16H25NO3/c1-11(12-8-9-15(19)16(10-12)20-2)17-13-6-4-3-5-7-14(13)18/h8-11,13-14,17-19H,3-7H2,1-2H3. The quantitative estimate of drug-likeness (QED) is 0.742. The van der Waals surface area contributed by atoms with Crippen molar-refractivity contribution < 1.29 is 14.9 Å². The van der Waals surface area contributed by atoms with Crippen molar-refractivity contribution in [1.82, 2.24) is 5.32 Å². The van der Waals surface area contributed by atoms with Crippen molar-refractivity contribution in [2.45, 2.75) is 57.2 Å². The van der Waals surface area contributed by atoms with Crippen LogP contribution in [0.15, 0.2) is 18.2 Å². The van der Waals surface area contributed by atoms with E-state index < -0.39 is 0 Å². The lowest BCUT2D eigenvalue weighted by molar-refractivity contribution is 0.115. The number of phenols is 1. The molecule has 0 heterocycles. The van der Waals surface area contributed by atoms with Crippen molar-refractivity contribution in [3.05, 3.63) is 23.8 Å². The largest absolute Gasteiger partial charge is 0.504 e. The van der Waals surface area contributed by atoms with E-state index in [1.165, 1.54) is 12.8 Å². The van der Waals surface area contributed by atoms with Gasteiger partial charge in [-0.1, -0.05) is 25.3 Å². The summed E-state index contributed by atoms with van der Waals surface area (Å²) in [5.41, 5.74) is 1.05. The third-order valence-electron chi connectivity index (χ3n) is 4.15. The molecule has 1 aliphatic carbocycles. The van der Waals surface area contributed by atoms with Gasteiger partial charge in [0.05, 0.1) is 13.2 Å². The molecule has 0 amide bonds. The Hall–Kier alpha value is -1.26. The summed E-state index contributed by atoms with van der Waals surface area (Å²) >= 11 is 0. The first-order valence-electron chi connectivity index (χ1n) is 7.43. The van der Waals surface area contributed by atoms with Crippen LogP contribution in [0.25, 0.3) is 0 Å². The number of phenolic OH excluding ortho intramolecular Hbond substituents is 1. The Morgan fingerprint density at radius 1 is 1.25 bits per heavy atom. The highest BCUT2D eigenvalue weighted by Gasteiger charge is 2.23. The molecule has 1 aliphatic rings. The van der Waals surface area contributed by atoms with Crippen LogP contribution >= 0.6 is 0 Å².